The molecule has 1 aliphatic heterocycles. The van der Waals surface area contributed by atoms with E-state index >= 15 is 0 Å². The Hall–Kier alpha value is -2.40. The Morgan fingerprint density at radius 2 is 1.96 bits per heavy atom. The summed E-state index contributed by atoms with van der Waals surface area (Å²) >= 11 is 0. The van der Waals surface area contributed by atoms with Crippen LogP contribution in [0, 0.1) is 0 Å². The van der Waals surface area contributed by atoms with Crippen LogP contribution >= 0.6 is 0 Å². The van der Waals surface area contributed by atoms with Crippen molar-refractivity contribution < 1.29 is 14.6 Å². The number of pyridine rings is 1. The Labute approximate surface area is 148 Å². The molecule has 25 heavy (non-hydrogen) atoms. The highest BCUT2D eigenvalue weighted by molar-refractivity contribution is 5.76. The Morgan fingerprint density at radius 3 is 2.72 bits per heavy atom. The maximum atomic E-state index is 12.4. The number of aromatic nitrogens is 1. The fourth-order valence-corrected chi connectivity index (χ4v) is 3.07. The van der Waals surface area contributed by atoms with Crippen molar-refractivity contribution in [1.82, 2.24) is 9.88 Å². The van der Waals surface area contributed by atoms with Crippen LogP contribution in [-0.4, -0.2) is 46.2 Å². The summed E-state index contributed by atoms with van der Waals surface area (Å²) in [4.78, 5) is 18.1. The topological polar surface area (TPSA) is 62.7 Å². The van der Waals surface area contributed by atoms with Crippen LogP contribution in [0.3, 0.4) is 0 Å². The van der Waals surface area contributed by atoms with Gasteiger partial charge in [-0.05, 0) is 49.1 Å². The van der Waals surface area contributed by atoms with Crippen molar-refractivity contribution in [3.63, 3.8) is 0 Å². The van der Waals surface area contributed by atoms with Crippen molar-refractivity contribution in [2.75, 3.05) is 19.7 Å². The van der Waals surface area contributed by atoms with Gasteiger partial charge in [-0.2, -0.15) is 0 Å². The minimum absolute atomic E-state index is 0.102. The SMILES string of the molecule is O=C(CCCc1ccncc1)N1CCC(O)(COc2ccccc2)C1. The van der Waals surface area contributed by atoms with Crippen LogP contribution in [0.4, 0.5) is 0 Å². The normalized spacial score (nSPS) is 19.8. The first kappa shape index (κ1) is 17.4. The predicted molar refractivity (Wildman–Crippen MR) is 95.3 cm³/mol. The van der Waals surface area contributed by atoms with E-state index in [1.54, 1.807) is 17.3 Å². The number of aliphatic hydroxyl groups is 1. The summed E-state index contributed by atoms with van der Waals surface area (Å²) in [6.07, 6.45) is 6.25. The van der Waals surface area contributed by atoms with Gasteiger partial charge in [-0.25, -0.2) is 0 Å². The number of β-amino-alcohol motifs (C(OH)–C–C–N with tert-alkyl or cyclic N) is 1. The van der Waals surface area contributed by atoms with Gasteiger partial charge in [0.1, 0.15) is 18.0 Å². The van der Waals surface area contributed by atoms with Gasteiger partial charge < -0.3 is 14.7 Å². The summed E-state index contributed by atoms with van der Waals surface area (Å²) in [6.45, 7) is 1.13. The number of rotatable bonds is 7. The molecule has 1 unspecified atom stereocenters. The lowest BCUT2D eigenvalue weighted by Crippen LogP contribution is -2.40. The van der Waals surface area contributed by atoms with E-state index in [2.05, 4.69) is 4.98 Å². The first-order chi connectivity index (χ1) is 12.1. The molecule has 1 N–H and O–H groups in total. The third-order valence-corrected chi connectivity index (χ3v) is 4.54. The zero-order valence-corrected chi connectivity index (χ0v) is 14.3. The van der Waals surface area contributed by atoms with Crippen molar-refractivity contribution >= 4 is 5.91 Å². The Kier molecular flexibility index (Phi) is 5.66. The molecule has 1 aromatic heterocycles. The average Bonchev–Trinajstić information content (AvgIpc) is 3.05. The lowest BCUT2D eigenvalue weighted by Gasteiger charge is -2.23. The third-order valence-electron chi connectivity index (χ3n) is 4.54. The maximum absolute atomic E-state index is 12.4. The molecule has 1 aliphatic rings. The van der Waals surface area contributed by atoms with E-state index in [0.29, 0.717) is 25.9 Å². The molecule has 1 amide bonds. The molecule has 2 aromatic rings. The number of nitrogens with zero attached hydrogens (tertiary/aromatic N) is 2. The fourth-order valence-electron chi connectivity index (χ4n) is 3.07. The number of hydrogen-bond acceptors (Lipinski definition) is 4. The number of benzene rings is 1. The lowest BCUT2D eigenvalue weighted by atomic mass is 10.1. The Morgan fingerprint density at radius 1 is 1.20 bits per heavy atom. The first-order valence-corrected chi connectivity index (χ1v) is 8.72. The van der Waals surface area contributed by atoms with Crippen LogP contribution in [0.2, 0.25) is 0 Å². The number of hydrogen-bond donors (Lipinski definition) is 1. The molecule has 1 saturated heterocycles. The number of carbonyl (C=O) groups is 1. The van der Waals surface area contributed by atoms with Gasteiger partial charge in [0.15, 0.2) is 0 Å². The monoisotopic (exact) mass is 340 g/mol. The van der Waals surface area contributed by atoms with Crippen molar-refractivity contribution in [3.05, 3.63) is 60.4 Å². The number of amides is 1. The van der Waals surface area contributed by atoms with Crippen molar-refractivity contribution in [3.8, 4) is 5.75 Å². The van der Waals surface area contributed by atoms with Crippen LogP contribution in [0.1, 0.15) is 24.8 Å². The van der Waals surface area contributed by atoms with E-state index in [1.807, 2.05) is 42.5 Å². The van der Waals surface area contributed by atoms with Gasteiger partial charge >= 0.3 is 0 Å². The van der Waals surface area contributed by atoms with Crippen LogP contribution < -0.4 is 4.74 Å². The van der Waals surface area contributed by atoms with E-state index < -0.39 is 5.60 Å². The smallest absolute Gasteiger partial charge is 0.222 e. The van der Waals surface area contributed by atoms with Crippen LogP contribution in [0.25, 0.3) is 0 Å². The summed E-state index contributed by atoms with van der Waals surface area (Å²) in [6, 6.07) is 13.4. The summed E-state index contributed by atoms with van der Waals surface area (Å²) in [5.41, 5.74) is 0.230. The minimum Gasteiger partial charge on any atom is -0.491 e. The molecule has 0 saturated carbocycles. The molecule has 0 spiro atoms. The van der Waals surface area contributed by atoms with Crippen molar-refractivity contribution in [1.29, 1.82) is 0 Å². The molecular weight excluding hydrogens is 316 g/mol. The predicted octanol–water partition coefficient (Wildman–Crippen LogP) is 2.45. The average molecular weight is 340 g/mol. The van der Waals surface area contributed by atoms with E-state index in [9.17, 15) is 9.90 Å². The summed E-state index contributed by atoms with van der Waals surface area (Å²) in [7, 11) is 0. The largest absolute Gasteiger partial charge is 0.491 e. The molecule has 0 bridgehead atoms. The highest BCUT2D eigenvalue weighted by atomic mass is 16.5. The molecule has 1 atom stereocenters. The summed E-state index contributed by atoms with van der Waals surface area (Å²) in [5, 5.41) is 10.6. The van der Waals surface area contributed by atoms with Crippen LogP contribution in [0.15, 0.2) is 54.9 Å². The molecule has 1 aromatic carbocycles. The zero-order chi connectivity index (χ0) is 17.5. The van der Waals surface area contributed by atoms with Gasteiger partial charge in [0.25, 0.3) is 0 Å². The number of carbonyl (C=O) groups excluding carboxylic acids is 1. The number of ether oxygens (including phenoxy) is 1. The second-order valence-electron chi connectivity index (χ2n) is 6.60. The molecule has 2 heterocycles. The molecule has 0 aliphatic carbocycles. The highest BCUT2D eigenvalue weighted by Gasteiger charge is 2.38. The zero-order valence-electron chi connectivity index (χ0n) is 14.3. The van der Waals surface area contributed by atoms with Gasteiger partial charge in [-0.15, -0.1) is 0 Å². The molecule has 1 fully saturated rings. The van der Waals surface area contributed by atoms with Gasteiger partial charge in [0, 0.05) is 25.4 Å². The number of likely N-dealkylation sites (tertiary alicyclic amines) is 1. The summed E-state index contributed by atoms with van der Waals surface area (Å²) in [5.74, 6) is 0.836. The van der Waals surface area contributed by atoms with Gasteiger partial charge in [0.2, 0.25) is 5.91 Å². The molecule has 3 rings (SSSR count). The van der Waals surface area contributed by atoms with Crippen molar-refractivity contribution in [2.24, 2.45) is 0 Å². The van der Waals surface area contributed by atoms with Gasteiger partial charge in [-0.3, -0.25) is 9.78 Å². The second kappa shape index (κ2) is 8.12. The molecular formula is C20H24N2O3. The third kappa shape index (κ3) is 5.03. The summed E-state index contributed by atoms with van der Waals surface area (Å²) < 4.78 is 5.67. The minimum atomic E-state index is -0.962. The van der Waals surface area contributed by atoms with Gasteiger partial charge in [-0.1, -0.05) is 18.2 Å². The maximum Gasteiger partial charge on any atom is 0.222 e. The Bertz CT molecular complexity index is 678. The van der Waals surface area contributed by atoms with E-state index in [4.69, 9.17) is 4.74 Å². The molecule has 0 radical (unpaired) electrons. The quantitative estimate of drug-likeness (QED) is 0.841. The standard InChI is InChI=1S/C20H24N2O3/c23-19(8-4-5-17-9-12-21-13-10-17)22-14-11-20(24,15-22)16-25-18-6-2-1-3-7-18/h1-3,6-7,9-10,12-13,24H,4-5,8,11,14-16H2. The first-order valence-electron chi connectivity index (χ1n) is 8.72. The fraction of sp³-hybridized carbons (Fsp3) is 0.400. The number of aryl methyl sites for hydroxylation is 1. The van der Waals surface area contributed by atoms with E-state index in [0.717, 1.165) is 18.6 Å². The van der Waals surface area contributed by atoms with E-state index in [-0.39, 0.29) is 12.5 Å². The molecule has 5 nitrogen and oxygen atoms in total. The number of para-hydroxylation sites is 1. The molecule has 132 valence electrons. The van der Waals surface area contributed by atoms with Crippen LogP contribution in [-0.2, 0) is 11.2 Å². The molecule has 5 heteroatoms. The lowest BCUT2D eigenvalue weighted by molar-refractivity contribution is -0.131. The van der Waals surface area contributed by atoms with E-state index in [1.165, 1.54) is 5.56 Å². The van der Waals surface area contributed by atoms with Gasteiger partial charge in [0.05, 0.1) is 6.54 Å². The van der Waals surface area contributed by atoms with Crippen LogP contribution in [0.5, 0.6) is 5.75 Å². The second-order valence-corrected chi connectivity index (χ2v) is 6.60. The Balaban J connectivity index is 1.42. The van der Waals surface area contributed by atoms with Crippen molar-refractivity contribution in [2.45, 2.75) is 31.3 Å². The highest BCUT2D eigenvalue weighted by Crippen LogP contribution is 2.24.